The van der Waals surface area contributed by atoms with Crippen molar-refractivity contribution in [1.29, 1.82) is 0 Å². The van der Waals surface area contributed by atoms with Crippen LogP contribution in [0.1, 0.15) is 29.8 Å². The molecule has 7 heteroatoms. The minimum absolute atomic E-state index is 0.136. The summed E-state index contributed by atoms with van der Waals surface area (Å²) < 4.78 is 5.92. The number of ether oxygens (including phenoxy) is 1. The average molecular weight is 407 g/mol. The van der Waals surface area contributed by atoms with E-state index in [2.05, 4.69) is 15.1 Å². The summed E-state index contributed by atoms with van der Waals surface area (Å²) in [5, 5.41) is 15.1. The number of aromatic amines is 1. The molecule has 0 unspecified atom stereocenters. The summed E-state index contributed by atoms with van der Waals surface area (Å²) in [6.45, 7) is 3.20. The Balaban J connectivity index is 0.000000687. The van der Waals surface area contributed by atoms with E-state index in [1.165, 1.54) is 25.9 Å². The van der Waals surface area contributed by atoms with Gasteiger partial charge in [-0.15, -0.1) is 0 Å². The van der Waals surface area contributed by atoms with Gasteiger partial charge in [-0.1, -0.05) is 18.2 Å². The Bertz CT molecular complexity index is 1010. The molecule has 30 heavy (non-hydrogen) atoms. The van der Waals surface area contributed by atoms with Crippen molar-refractivity contribution >= 4 is 23.2 Å². The number of hydrogen-bond donors (Lipinski definition) is 2. The summed E-state index contributed by atoms with van der Waals surface area (Å²) in [7, 11) is 0. The lowest BCUT2D eigenvalue weighted by Gasteiger charge is -2.44. The van der Waals surface area contributed by atoms with Gasteiger partial charge in [0.05, 0.1) is 5.52 Å². The molecule has 0 amide bonds. The van der Waals surface area contributed by atoms with E-state index in [4.69, 9.17) is 14.6 Å². The van der Waals surface area contributed by atoms with Crippen molar-refractivity contribution < 1.29 is 19.4 Å². The van der Waals surface area contributed by atoms with Crippen LogP contribution in [0.15, 0.2) is 48.5 Å². The van der Waals surface area contributed by atoms with Crippen molar-refractivity contribution in [3.63, 3.8) is 0 Å². The van der Waals surface area contributed by atoms with Gasteiger partial charge >= 0.3 is 0 Å². The third-order valence-corrected chi connectivity index (χ3v) is 6.02. The lowest BCUT2D eigenvalue weighted by molar-refractivity contribution is -0.122. The zero-order valence-corrected chi connectivity index (χ0v) is 16.7. The maximum atomic E-state index is 13.0. The molecule has 2 aromatic carbocycles. The standard InChI is InChI=1S/C22H23N3O2.CH2O2/c26-21(12-16-14-25-10-8-15(16)9-11-25)22-19-13-18(6-7-20(19)23-24-22)27-17-4-2-1-3-5-17;2-1-3/h1-7,13,15-16H,8-12,14H2,(H,23,24);1H,(H,2,3)/t16-;/m0./s1. The second-order valence-electron chi connectivity index (χ2n) is 7.83. The Morgan fingerprint density at radius 3 is 2.57 bits per heavy atom. The molecule has 0 aliphatic carbocycles. The number of nitrogens with one attached hydrogen (secondary N) is 1. The molecule has 1 aromatic heterocycles. The second kappa shape index (κ2) is 9.09. The van der Waals surface area contributed by atoms with Crippen LogP contribution in [0.25, 0.3) is 10.9 Å². The number of aromatic nitrogens is 2. The van der Waals surface area contributed by atoms with E-state index in [0.717, 1.165) is 23.2 Å². The molecule has 0 spiro atoms. The summed E-state index contributed by atoms with van der Waals surface area (Å²) in [6.07, 6.45) is 3.05. The number of Topliss-reactive ketones (excluding diaryl/α,β-unsaturated/α-hetero) is 1. The molecule has 0 saturated carbocycles. The van der Waals surface area contributed by atoms with Crippen LogP contribution in [-0.4, -0.2) is 52.1 Å². The molecule has 3 aliphatic heterocycles. The number of piperidine rings is 3. The van der Waals surface area contributed by atoms with Gasteiger partial charge in [-0.25, -0.2) is 0 Å². The van der Waals surface area contributed by atoms with Crippen molar-refractivity contribution in [3.05, 3.63) is 54.2 Å². The molecule has 7 nitrogen and oxygen atoms in total. The van der Waals surface area contributed by atoms with Crippen LogP contribution in [0.3, 0.4) is 0 Å². The molecule has 6 rings (SSSR count). The van der Waals surface area contributed by atoms with Crippen molar-refractivity contribution in [2.75, 3.05) is 19.6 Å². The first kappa shape index (κ1) is 20.1. The number of ketones is 1. The predicted octanol–water partition coefficient (Wildman–Crippen LogP) is 3.97. The van der Waals surface area contributed by atoms with Crippen molar-refractivity contribution in [1.82, 2.24) is 15.1 Å². The first-order chi connectivity index (χ1) is 14.7. The Morgan fingerprint density at radius 2 is 1.90 bits per heavy atom. The van der Waals surface area contributed by atoms with E-state index in [1.807, 2.05) is 48.5 Å². The Labute approximate surface area is 174 Å². The van der Waals surface area contributed by atoms with Gasteiger partial charge in [0.15, 0.2) is 5.78 Å². The van der Waals surface area contributed by atoms with Gasteiger partial charge in [-0.05, 0) is 68.1 Å². The van der Waals surface area contributed by atoms with Crippen LogP contribution in [0, 0.1) is 11.8 Å². The highest BCUT2D eigenvalue weighted by Gasteiger charge is 2.35. The number of para-hydroxylation sites is 1. The van der Waals surface area contributed by atoms with Crippen LogP contribution in [-0.2, 0) is 4.79 Å². The van der Waals surface area contributed by atoms with E-state index >= 15 is 0 Å². The van der Waals surface area contributed by atoms with Gasteiger partial charge in [-0.3, -0.25) is 14.7 Å². The number of carbonyl (C=O) groups is 2. The average Bonchev–Trinajstić information content (AvgIpc) is 3.19. The van der Waals surface area contributed by atoms with Crippen molar-refractivity contribution in [3.8, 4) is 11.5 Å². The van der Waals surface area contributed by atoms with Gasteiger partial charge in [-0.2, -0.15) is 5.10 Å². The first-order valence-electron chi connectivity index (χ1n) is 10.2. The highest BCUT2D eigenvalue weighted by Crippen LogP contribution is 2.35. The van der Waals surface area contributed by atoms with Crippen LogP contribution < -0.4 is 4.74 Å². The van der Waals surface area contributed by atoms with Gasteiger partial charge in [0.2, 0.25) is 0 Å². The summed E-state index contributed by atoms with van der Waals surface area (Å²) in [6, 6.07) is 15.4. The Morgan fingerprint density at radius 1 is 1.17 bits per heavy atom. The lowest BCUT2D eigenvalue weighted by atomic mass is 9.76. The smallest absolute Gasteiger partial charge is 0.290 e. The molecular formula is C23H25N3O4. The molecule has 3 fully saturated rings. The number of hydrogen-bond acceptors (Lipinski definition) is 5. The van der Waals surface area contributed by atoms with E-state index in [0.29, 0.717) is 29.7 Å². The fourth-order valence-corrected chi connectivity index (χ4v) is 4.55. The highest BCUT2D eigenvalue weighted by molar-refractivity contribution is 6.06. The maximum absolute atomic E-state index is 13.0. The number of nitrogens with zero attached hydrogens (tertiary/aromatic N) is 2. The zero-order valence-electron chi connectivity index (χ0n) is 16.7. The maximum Gasteiger partial charge on any atom is 0.290 e. The quantitative estimate of drug-likeness (QED) is 0.491. The molecular weight excluding hydrogens is 382 g/mol. The van der Waals surface area contributed by atoms with Crippen LogP contribution in [0.4, 0.5) is 0 Å². The van der Waals surface area contributed by atoms with Crippen molar-refractivity contribution in [2.45, 2.75) is 19.3 Å². The fourth-order valence-electron chi connectivity index (χ4n) is 4.55. The van der Waals surface area contributed by atoms with Crippen LogP contribution in [0.2, 0.25) is 0 Å². The van der Waals surface area contributed by atoms with Gasteiger partial charge < -0.3 is 14.7 Å². The lowest BCUT2D eigenvalue weighted by Crippen LogP contribution is -2.47. The van der Waals surface area contributed by atoms with Crippen molar-refractivity contribution in [2.24, 2.45) is 11.8 Å². The molecule has 2 bridgehead atoms. The van der Waals surface area contributed by atoms with E-state index < -0.39 is 0 Å². The highest BCUT2D eigenvalue weighted by atomic mass is 16.5. The van der Waals surface area contributed by atoms with E-state index in [9.17, 15) is 4.79 Å². The number of H-pyrrole nitrogens is 1. The van der Waals surface area contributed by atoms with E-state index in [1.54, 1.807) is 0 Å². The topological polar surface area (TPSA) is 95.5 Å². The van der Waals surface area contributed by atoms with Crippen LogP contribution in [0.5, 0.6) is 11.5 Å². The number of carboxylic acid groups (broad SMARTS) is 1. The van der Waals surface area contributed by atoms with Gasteiger partial charge in [0.25, 0.3) is 6.47 Å². The van der Waals surface area contributed by atoms with Gasteiger partial charge in [0.1, 0.15) is 17.2 Å². The summed E-state index contributed by atoms with van der Waals surface area (Å²) in [5.74, 6) is 2.79. The Hall–Kier alpha value is -3.19. The minimum atomic E-state index is -0.250. The third kappa shape index (κ3) is 4.36. The van der Waals surface area contributed by atoms with E-state index in [-0.39, 0.29) is 12.3 Å². The molecule has 3 aromatic rings. The SMILES string of the molecule is O=C(C[C@H]1CN2CCC1CC2)c1n[nH]c2ccc(Oc3ccccc3)cc12.O=CO. The number of carbonyl (C=O) groups excluding carboxylic acids is 1. The number of benzene rings is 2. The Kier molecular flexibility index (Phi) is 6.09. The number of fused-ring (bicyclic) bond motifs is 4. The largest absolute Gasteiger partial charge is 0.483 e. The number of rotatable bonds is 5. The molecule has 2 N–H and O–H groups in total. The monoisotopic (exact) mass is 407 g/mol. The molecule has 1 atom stereocenters. The van der Waals surface area contributed by atoms with Crippen LogP contribution >= 0.6 is 0 Å². The third-order valence-electron chi connectivity index (χ3n) is 6.02. The summed E-state index contributed by atoms with van der Waals surface area (Å²) >= 11 is 0. The first-order valence-corrected chi connectivity index (χ1v) is 10.2. The fraction of sp³-hybridized carbons (Fsp3) is 0.348. The molecule has 156 valence electrons. The normalized spacial score (nSPS) is 22.2. The predicted molar refractivity (Wildman–Crippen MR) is 113 cm³/mol. The molecule has 4 heterocycles. The zero-order chi connectivity index (χ0) is 20.9. The molecule has 0 radical (unpaired) electrons. The van der Waals surface area contributed by atoms with Gasteiger partial charge in [0, 0.05) is 18.4 Å². The minimum Gasteiger partial charge on any atom is -0.483 e. The molecule has 3 aliphatic rings. The summed E-state index contributed by atoms with van der Waals surface area (Å²) in [4.78, 5) is 23.8. The summed E-state index contributed by atoms with van der Waals surface area (Å²) in [5.41, 5.74) is 1.41. The second-order valence-corrected chi connectivity index (χ2v) is 7.83. The molecule has 3 saturated heterocycles.